The van der Waals surface area contributed by atoms with Crippen LogP contribution >= 0.6 is 0 Å². The minimum atomic E-state index is -0.901. The molecule has 2 heterocycles. The van der Waals surface area contributed by atoms with E-state index in [0.29, 0.717) is 17.1 Å². The first-order chi connectivity index (χ1) is 19.1. The van der Waals surface area contributed by atoms with Crippen LogP contribution in [0.25, 0.3) is 11.8 Å². The highest BCUT2D eigenvalue weighted by molar-refractivity contribution is 6.37. The quantitative estimate of drug-likeness (QED) is 0.232. The number of amides is 4. The number of carbonyl (C=O) groups is 3. The lowest BCUT2D eigenvalue weighted by Crippen LogP contribution is -2.54. The summed E-state index contributed by atoms with van der Waals surface area (Å²) < 4.78 is 11.1. The molecule has 12 nitrogen and oxygen atoms in total. The fourth-order valence-corrected chi connectivity index (χ4v) is 3.82. The Morgan fingerprint density at radius 1 is 0.925 bits per heavy atom. The van der Waals surface area contributed by atoms with E-state index < -0.39 is 35.0 Å². The predicted molar refractivity (Wildman–Crippen MR) is 146 cm³/mol. The maximum atomic E-state index is 13.1. The number of imide groups is 2. The Kier molecular flexibility index (Phi) is 7.80. The number of benzene rings is 2. The molecule has 1 aromatic heterocycles. The van der Waals surface area contributed by atoms with Gasteiger partial charge in [-0.3, -0.25) is 24.7 Å². The van der Waals surface area contributed by atoms with Gasteiger partial charge in [0, 0.05) is 12.1 Å². The molecule has 0 spiro atoms. The van der Waals surface area contributed by atoms with Gasteiger partial charge in [-0.15, -0.1) is 0 Å². The number of hydrogen-bond acceptors (Lipinski definition) is 8. The number of anilines is 1. The van der Waals surface area contributed by atoms with Crippen LogP contribution in [0.15, 0.2) is 87.5 Å². The van der Waals surface area contributed by atoms with Gasteiger partial charge in [0.1, 0.15) is 22.6 Å². The molecular formula is C28H24N4O8. The van der Waals surface area contributed by atoms with E-state index in [9.17, 15) is 29.1 Å². The highest BCUT2D eigenvalue weighted by Crippen LogP contribution is 2.25. The van der Waals surface area contributed by atoms with Crippen LogP contribution in [0.1, 0.15) is 12.5 Å². The highest BCUT2D eigenvalue weighted by Gasteiger charge is 2.36. The third kappa shape index (κ3) is 5.45. The zero-order valence-corrected chi connectivity index (χ0v) is 21.6. The summed E-state index contributed by atoms with van der Waals surface area (Å²) in [7, 11) is 2.88. The van der Waals surface area contributed by atoms with Gasteiger partial charge in [-0.2, -0.15) is 0 Å². The summed E-state index contributed by atoms with van der Waals surface area (Å²) in [6.07, 6.45) is 5.38. The minimum absolute atomic E-state index is 0.205. The highest BCUT2D eigenvalue weighted by atomic mass is 16.5. The van der Waals surface area contributed by atoms with Crippen LogP contribution in [0, 0.1) is 0 Å². The topological polar surface area (TPSA) is 160 Å². The molecule has 1 saturated heterocycles. The Morgan fingerprint density at radius 2 is 1.55 bits per heavy atom. The molecule has 3 N–H and O–H groups in total. The molecule has 4 amide bonds. The van der Waals surface area contributed by atoms with Crippen LogP contribution in [0.5, 0.6) is 17.4 Å². The average Bonchev–Trinajstić information content (AvgIpc) is 2.92. The van der Waals surface area contributed by atoms with Crippen molar-refractivity contribution in [1.82, 2.24) is 14.9 Å². The zero-order chi connectivity index (χ0) is 29.0. The van der Waals surface area contributed by atoms with Crippen molar-refractivity contribution in [3.63, 3.8) is 0 Å². The maximum absolute atomic E-state index is 13.1. The van der Waals surface area contributed by atoms with Crippen LogP contribution in [-0.4, -0.2) is 46.7 Å². The molecule has 1 aliphatic rings. The number of carbonyl (C=O) groups excluding carboxylic acids is 3. The lowest BCUT2D eigenvalue weighted by molar-refractivity contribution is -0.122. The smallest absolute Gasteiger partial charge is 0.335 e. The first-order valence-corrected chi connectivity index (χ1v) is 11.8. The number of aromatic nitrogens is 2. The molecule has 0 bridgehead atoms. The van der Waals surface area contributed by atoms with Gasteiger partial charge in [0.05, 0.1) is 25.6 Å². The summed E-state index contributed by atoms with van der Waals surface area (Å²) in [5.41, 5.74) is -1.23. The summed E-state index contributed by atoms with van der Waals surface area (Å²) in [6, 6.07) is 11.6. The van der Waals surface area contributed by atoms with Gasteiger partial charge in [0.15, 0.2) is 0 Å². The van der Waals surface area contributed by atoms with E-state index >= 15 is 0 Å². The van der Waals surface area contributed by atoms with Gasteiger partial charge in [-0.05, 0) is 43.3 Å². The second-order valence-corrected chi connectivity index (χ2v) is 8.46. The van der Waals surface area contributed by atoms with Crippen molar-refractivity contribution in [3.8, 4) is 23.1 Å². The van der Waals surface area contributed by atoms with Gasteiger partial charge in [-0.25, -0.2) is 19.1 Å². The Bertz CT molecular complexity index is 1730. The Labute approximate surface area is 227 Å². The number of allylic oxidation sites excluding steroid dienone is 4. The number of hydrogen-bond donors (Lipinski definition) is 3. The number of barbiturate groups is 1. The molecule has 0 radical (unpaired) electrons. The maximum Gasteiger partial charge on any atom is 0.335 e. The molecule has 1 aliphatic heterocycles. The standard InChI is InChI=1S/C28H24N4O8/c1-16(10-12-21-23(33)29-27(37)31(25(21)35)17-6-4-8-19(14-17)39-2)11-13-22-24(34)30-28(38)32(26(22)36)18-7-5-9-20(15-18)40-3/h4-15,33H,1-3H3,(H,29,37)(H,30,34,38). The van der Waals surface area contributed by atoms with Crippen LogP contribution < -0.4 is 30.9 Å². The number of ether oxygens (including phenoxy) is 2. The summed E-state index contributed by atoms with van der Waals surface area (Å²) in [4.78, 5) is 66.4. The first-order valence-electron chi connectivity index (χ1n) is 11.8. The van der Waals surface area contributed by atoms with Crippen molar-refractivity contribution in [2.75, 3.05) is 19.1 Å². The molecule has 204 valence electrons. The van der Waals surface area contributed by atoms with Crippen molar-refractivity contribution in [2.24, 2.45) is 0 Å². The van der Waals surface area contributed by atoms with Crippen LogP contribution in [-0.2, 0) is 9.59 Å². The van der Waals surface area contributed by atoms with E-state index in [4.69, 9.17) is 9.47 Å². The number of aromatic amines is 1. The van der Waals surface area contributed by atoms with Crippen molar-refractivity contribution < 1.29 is 29.0 Å². The molecule has 0 unspecified atom stereocenters. The van der Waals surface area contributed by atoms with E-state index in [1.807, 2.05) is 0 Å². The molecule has 1 fully saturated rings. The van der Waals surface area contributed by atoms with Gasteiger partial charge in [0.25, 0.3) is 17.4 Å². The number of aromatic hydroxyl groups is 1. The molecular weight excluding hydrogens is 520 g/mol. The first kappa shape index (κ1) is 27.4. The minimum Gasteiger partial charge on any atom is -0.497 e. The number of urea groups is 1. The average molecular weight is 545 g/mol. The molecule has 2 aromatic carbocycles. The van der Waals surface area contributed by atoms with E-state index in [1.54, 1.807) is 31.2 Å². The van der Waals surface area contributed by atoms with Crippen molar-refractivity contribution >= 4 is 29.6 Å². The monoisotopic (exact) mass is 544 g/mol. The third-order valence-electron chi connectivity index (χ3n) is 5.87. The van der Waals surface area contributed by atoms with Crippen LogP contribution in [0.4, 0.5) is 10.5 Å². The molecule has 0 atom stereocenters. The Balaban J connectivity index is 1.65. The molecule has 0 aliphatic carbocycles. The Morgan fingerprint density at radius 3 is 2.20 bits per heavy atom. The molecule has 0 saturated carbocycles. The number of nitrogens with one attached hydrogen (secondary N) is 2. The summed E-state index contributed by atoms with van der Waals surface area (Å²) in [6.45, 7) is 1.62. The molecule has 12 heteroatoms. The van der Waals surface area contributed by atoms with Gasteiger partial charge >= 0.3 is 11.7 Å². The van der Waals surface area contributed by atoms with E-state index in [1.165, 1.54) is 62.8 Å². The molecule has 3 aromatic rings. The normalized spacial score (nSPS) is 15.1. The van der Waals surface area contributed by atoms with Gasteiger partial charge in [0.2, 0.25) is 5.88 Å². The van der Waals surface area contributed by atoms with Crippen LogP contribution in [0.2, 0.25) is 0 Å². The van der Waals surface area contributed by atoms with Crippen molar-refractivity contribution in [1.29, 1.82) is 0 Å². The Hall–Kier alpha value is -5.65. The molecule has 4 rings (SSSR count). The second-order valence-electron chi connectivity index (χ2n) is 8.46. The fraction of sp³-hybridized carbons (Fsp3) is 0.107. The third-order valence-corrected chi connectivity index (χ3v) is 5.87. The number of methoxy groups -OCH3 is 2. The largest absolute Gasteiger partial charge is 0.497 e. The fourth-order valence-electron chi connectivity index (χ4n) is 3.82. The van der Waals surface area contributed by atoms with Gasteiger partial charge in [-0.1, -0.05) is 29.9 Å². The zero-order valence-electron chi connectivity index (χ0n) is 21.6. The lowest BCUT2D eigenvalue weighted by atomic mass is 10.1. The molecule has 40 heavy (non-hydrogen) atoms. The van der Waals surface area contributed by atoms with Gasteiger partial charge < -0.3 is 14.6 Å². The van der Waals surface area contributed by atoms with E-state index in [-0.39, 0.29) is 22.5 Å². The van der Waals surface area contributed by atoms with Crippen LogP contribution in [0.3, 0.4) is 0 Å². The predicted octanol–water partition coefficient (Wildman–Crippen LogP) is 2.42. The van der Waals surface area contributed by atoms with Crippen molar-refractivity contribution in [2.45, 2.75) is 6.92 Å². The SMILES string of the molecule is COc1cccc(N2C(=O)NC(=O)C(=CC=C(C)C=Cc3c(O)[nH]c(=O)n(-c4cccc(OC)c4)c3=O)C2=O)c1. The summed E-state index contributed by atoms with van der Waals surface area (Å²) in [5, 5.41) is 12.4. The van der Waals surface area contributed by atoms with E-state index in [2.05, 4.69) is 10.3 Å². The second kappa shape index (κ2) is 11.4. The number of rotatable bonds is 7. The van der Waals surface area contributed by atoms with Crippen molar-refractivity contribution in [3.05, 3.63) is 104 Å². The summed E-state index contributed by atoms with van der Waals surface area (Å²) in [5.74, 6) is -1.51. The number of nitrogens with zero attached hydrogens (tertiary/aromatic N) is 2. The number of H-pyrrole nitrogens is 1. The lowest BCUT2D eigenvalue weighted by Gasteiger charge is -2.26. The van der Waals surface area contributed by atoms with E-state index in [0.717, 1.165) is 9.47 Å². The summed E-state index contributed by atoms with van der Waals surface area (Å²) >= 11 is 0.